The van der Waals surface area contributed by atoms with Crippen molar-refractivity contribution in [3.05, 3.63) is 29.3 Å². The van der Waals surface area contributed by atoms with E-state index in [-0.39, 0.29) is 28.7 Å². The maximum absolute atomic E-state index is 11.8. The van der Waals surface area contributed by atoms with Gasteiger partial charge in [0, 0.05) is 37.3 Å². The third kappa shape index (κ3) is 7.38. The van der Waals surface area contributed by atoms with Crippen LogP contribution in [0.15, 0.2) is 28.1 Å². The number of sulfone groups is 1. The first-order valence-electron chi connectivity index (χ1n) is 9.24. The summed E-state index contributed by atoms with van der Waals surface area (Å²) < 4.78 is 29.2. The van der Waals surface area contributed by atoms with E-state index in [1.54, 1.807) is 6.07 Å². The van der Waals surface area contributed by atoms with Crippen molar-refractivity contribution in [1.82, 2.24) is 10.6 Å². The number of rotatable bonds is 7. The van der Waals surface area contributed by atoms with Crippen molar-refractivity contribution in [2.24, 2.45) is 4.99 Å². The Kier molecular flexibility index (Phi) is 10.6. The third-order valence-corrected chi connectivity index (χ3v) is 7.49. The third-order valence-electron chi connectivity index (χ3n) is 4.82. The number of nitrogens with zero attached hydrogens (tertiary/aromatic N) is 1. The van der Waals surface area contributed by atoms with Crippen LogP contribution in [0.25, 0.3) is 0 Å². The number of hydrogen-bond acceptors (Lipinski definition) is 5. The van der Waals surface area contributed by atoms with Crippen LogP contribution in [-0.2, 0) is 21.1 Å². The Morgan fingerprint density at radius 1 is 1.29 bits per heavy atom. The van der Waals surface area contributed by atoms with Gasteiger partial charge in [0.2, 0.25) is 0 Å². The highest BCUT2D eigenvalue weighted by Crippen LogP contribution is 2.32. The van der Waals surface area contributed by atoms with Gasteiger partial charge in [0.05, 0.1) is 11.4 Å². The fourth-order valence-corrected chi connectivity index (χ4v) is 4.93. The second kappa shape index (κ2) is 11.6. The number of aryl methyl sites for hydroxylation is 1. The molecule has 0 spiro atoms. The van der Waals surface area contributed by atoms with Crippen LogP contribution in [0.3, 0.4) is 0 Å². The highest BCUT2D eigenvalue weighted by Gasteiger charge is 2.31. The summed E-state index contributed by atoms with van der Waals surface area (Å²) in [6, 6.07) is 5.39. The molecule has 1 aliphatic rings. The molecule has 1 saturated heterocycles. The van der Waals surface area contributed by atoms with Crippen molar-refractivity contribution >= 4 is 51.5 Å². The average molecular weight is 542 g/mol. The quantitative estimate of drug-likeness (QED) is 0.314. The van der Waals surface area contributed by atoms with Gasteiger partial charge >= 0.3 is 0 Å². The zero-order valence-corrected chi connectivity index (χ0v) is 21.0. The summed E-state index contributed by atoms with van der Waals surface area (Å²) in [7, 11) is -3.19. The number of halogens is 1. The molecule has 1 aromatic rings. The number of benzene rings is 1. The molecule has 0 atom stereocenters. The summed E-state index contributed by atoms with van der Waals surface area (Å²) in [6.07, 6.45) is 5.46. The predicted molar refractivity (Wildman–Crippen MR) is 129 cm³/mol. The Bertz CT molecular complexity index is 764. The van der Waals surface area contributed by atoms with E-state index in [9.17, 15) is 8.42 Å². The summed E-state index contributed by atoms with van der Waals surface area (Å²) in [5.41, 5.74) is 1.74. The molecule has 0 bridgehead atoms. The molecule has 2 rings (SSSR count). The van der Waals surface area contributed by atoms with Crippen molar-refractivity contribution < 1.29 is 13.2 Å². The first-order chi connectivity index (χ1) is 12.8. The molecule has 0 aliphatic carbocycles. The fraction of sp³-hybridized carbons (Fsp3) is 0.632. The van der Waals surface area contributed by atoms with E-state index >= 15 is 0 Å². The van der Waals surface area contributed by atoms with Gasteiger partial charge in [0.25, 0.3) is 0 Å². The Morgan fingerprint density at radius 3 is 2.50 bits per heavy atom. The molecule has 160 valence electrons. The highest BCUT2D eigenvalue weighted by atomic mass is 127. The highest BCUT2D eigenvalue weighted by molar-refractivity contribution is 14.0. The maximum Gasteiger partial charge on any atom is 0.191 e. The molecule has 1 aliphatic heterocycles. The maximum atomic E-state index is 11.8. The van der Waals surface area contributed by atoms with E-state index in [0.717, 1.165) is 56.2 Å². The van der Waals surface area contributed by atoms with E-state index in [2.05, 4.69) is 21.9 Å². The smallest absolute Gasteiger partial charge is 0.191 e. The Balaban J connectivity index is 0.00000392. The van der Waals surface area contributed by atoms with Gasteiger partial charge in [0.1, 0.15) is 0 Å². The van der Waals surface area contributed by atoms with Crippen LogP contribution in [0.5, 0.6) is 0 Å². The van der Waals surface area contributed by atoms with Crippen molar-refractivity contribution in [2.45, 2.75) is 42.9 Å². The second-order valence-electron chi connectivity index (χ2n) is 6.92. The van der Waals surface area contributed by atoms with E-state index in [4.69, 9.17) is 4.74 Å². The van der Waals surface area contributed by atoms with Crippen molar-refractivity contribution in [3.63, 3.8) is 0 Å². The lowest BCUT2D eigenvalue weighted by molar-refractivity contribution is 0.0783. The first-order valence-corrected chi connectivity index (χ1v) is 12.4. The van der Waals surface area contributed by atoms with Crippen LogP contribution in [-0.4, -0.2) is 57.9 Å². The fourth-order valence-electron chi connectivity index (χ4n) is 3.18. The van der Waals surface area contributed by atoms with Gasteiger partial charge in [-0.1, -0.05) is 12.1 Å². The molecule has 0 amide bonds. The Labute approximate surface area is 190 Å². The molecule has 2 N–H and O–H groups in total. The van der Waals surface area contributed by atoms with Crippen molar-refractivity contribution in [1.29, 1.82) is 0 Å². The van der Waals surface area contributed by atoms with Crippen molar-refractivity contribution in [2.75, 3.05) is 38.8 Å². The topological polar surface area (TPSA) is 79.8 Å². The van der Waals surface area contributed by atoms with Gasteiger partial charge < -0.3 is 15.4 Å². The van der Waals surface area contributed by atoms with E-state index in [1.807, 2.05) is 37.7 Å². The minimum atomic E-state index is -3.19. The Hall–Kier alpha value is -0.520. The van der Waals surface area contributed by atoms with Crippen LogP contribution in [0.1, 0.15) is 30.9 Å². The van der Waals surface area contributed by atoms with Gasteiger partial charge in [-0.15, -0.1) is 24.0 Å². The van der Waals surface area contributed by atoms with Gasteiger partial charge in [-0.2, -0.15) is 11.8 Å². The predicted octanol–water partition coefficient (Wildman–Crippen LogP) is 2.98. The number of thioether (sulfide) groups is 1. The standard InChI is InChI=1S/C19H31N3O3S2.HI/c1-5-20-18(22-14-19(26-3)8-10-25-11-9-19)21-13-16-6-7-17(15(2)12-16)27(4,23)24;/h6-7,12H,5,8-11,13-14H2,1-4H3,(H2,20,21,22);1H. The lowest BCUT2D eigenvalue weighted by Crippen LogP contribution is -2.47. The lowest BCUT2D eigenvalue weighted by Gasteiger charge is -2.36. The summed E-state index contributed by atoms with van der Waals surface area (Å²) in [4.78, 5) is 5.05. The molecule has 1 fully saturated rings. The molecule has 6 nitrogen and oxygen atoms in total. The molecular weight excluding hydrogens is 509 g/mol. The van der Waals surface area contributed by atoms with Crippen molar-refractivity contribution in [3.8, 4) is 0 Å². The zero-order valence-electron chi connectivity index (χ0n) is 17.1. The summed E-state index contributed by atoms with van der Waals surface area (Å²) >= 11 is 1.89. The van der Waals surface area contributed by atoms with E-state index in [1.165, 1.54) is 6.26 Å². The zero-order chi connectivity index (χ0) is 19.9. The molecule has 0 unspecified atom stereocenters. The summed E-state index contributed by atoms with van der Waals surface area (Å²) in [5, 5.41) is 6.76. The number of ether oxygens (including phenoxy) is 1. The lowest BCUT2D eigenvalue weighted by atomic mass is 9.99. The number of guanidine groups is 1. The molecule has 28 heavy (non-hydrogen) atoms. The monoisotopic (exact) mass is 541 g/mol. The van der Waals surface area contributed by atoms with Crippen LogP contribution in [0, 0.1) is 6.92 Å². The molecule has 1 heterocycles. The van der Waals surface area contributed by atoms with Crippen LogP contribution in [0.2, 0.25) is 0 Å². The molecule has 9 heteroatoms. The molecule has 0 aromatic heterocycles. The number of aliphatic imine (C=N–C) groups is 1. The van der Waals surface area contributed by atoms with Crippen LogP contribution < -0.4 is 10.6 Å². The largest absolute Gasteiger partial charge is 0.381 e. The van der Waals surface area contributed by atoms with Crippen LogP contribution >= 0.6 is 35.7 Å². The van der Waals surface area contributed by atoms with E-state index < -0.39 is 9.84 Å². The first kappa shape index (κ1) is 25.5. The SMILES string of the molecule is CCNC(=NCc1ccc(S(C)(=O)=O)c(C)c1)NCC1(SC)CCOCC1.I. The second-order valence-corrected chi connectivity index (χ2v) is 10.2. The minimum Gasteiger partial charge on any atom is -0.381 e. The normalized spacial score (nSPS) is 16.9. The van der Waals surface area contributed by atoms with E-state index in [0.29, 0.717) is 11.4 Å². The molecule has 0 saturated carbocycles. The van der Waals surface area contributed by atoms with Gasteiger partial charge in [-0.3, -0.25) is 0 Å². The minimum absolute atomic E-state index is 0. The summed E-state index contributed by atoms with van der Waals surface area (Å²) in [5.74, 6) is 0.780. The molecule has 1 aromatic carbocycles. The molecule has 0 radical (unpaired) electrons. The number of hydrogen-bond donors (Lipinski definition) is 2. The van der Waals surface area contributed by atoms with Gasteiger partial charge in [-0.25, -0.2) is 13.4 Å². The Morgan fingerprint density at radius 2 is 1.96 bits per heavy atom. The van der Waals surface area contributed by atoms with Gasteiger partial charge in [-0.05, 0) is 50.1 Å². The van der Waals surface area contributed by atoms with Crippen LogP contribution in [0.4, 0.5) is 0 Å². The number of nitrogens with one attached hydrogen (secondary N) is 2. The summed E-state index contributed by atoms with van der Waals surface area (Å²) in [6.45, 7) is 7.60. The average Bonchev–Trinajstić information content (AvgIpc) is 2.64. The molecular formula is C19H32IN3O3S2. The van der Waals surface area contributed by atoms with Gasteiger partial charge in [0.15, 0.2) is 15.8 Å².